The first-order valence-corrected chi connectivity index (χ1v) is 6.52. The monoisotopic (exact) mass is 341 g/mol. The second-order valence-electron chi connectivity index (χ2n) is 4.65. The zero-order valence-electron chi connectivity index (χ0n) is 12.3. The molecule has 0 radical (unpaired) electrons. The number of hydrogen-bond acceptors (Lipinski definition) is 1. The third kappa shape index (κ3) is 6.40. The van der Waals surface area contributed by atoms with Crippen LogP contribution in [0.2, 0.25) is 0 Å². The van der Waals surface area contributed by atoms with Crippen molar-refractivity contribution in [1.29, 1.82) is 0 Å². The van der Waals surface area contributed by atoms with Crippen LogP contribution in [0.5, 0.6) is 0 Å². The fourth-order valence-electron chi connectivity index (χ4n) is 2.10. The van der Waals surface area contributed by atoms with Gasteiger partial charge in [0, 0.05) is 13.1 Å². The number of aryl methyl sites for hydroxylation is 1. The van der Waals surface area contributed by atoms with Crippen molar-refractivity contribution in [3.05, 3.63) is 71.3 Å². The van der Waals surface area contributed by atoms with Crippen molar-refractivity contribution >= 4 is 23.1 Å². The van der Waals surface area contributed by atoms with Crippen LogP contribution in [0.1, 0.15) is 23.6 Å². The molecule has 0 N–H and O–H groups in total. The fraction of sp³-hybridized carbons (Fsp3) is 0.294. The first-order chi connectivity index (χ1) is 8.78. The molecule has 0 unspecified atom stereocenters. The number of hydrogen-bond donors (Lipinski definition) is 0. The standard InChI is InChI=1S/C17H20N.BrH.Mg/c1-3-18(13-16-9-5-4-6-10-16)14-17-11-7-8-15(2)12-17;;/h4-11H,3,13-14H2,1-2H3;1H;/q-1;;+2/p-1. The molecule has 0 bridgehead atoms. The van der Waals surface area contributed by atoms with Crippen molar-refractivity contribution in [1.82, 2.24) is 4.90 Å². The summed E-state index contributed by atoms with van der Waals surface area (Å²) < 4.78 is 0. The van der Waals surface area contributed by atoms with Gasteiger partial charge in [-0.2, -0.15) is 29.8 Å². The van der Waals surface area contributed by atoms with Gasteiger partial charge in [0.25, 0.3) is 0 Å². The number of halogens is 1. The molecule has 0 aliphatic heterocycles. The molecule has 2 aromatic rings. The molecule has 0 aliphatic rings. The molecule has 2 rings (SSSR count). The molecule has 0 aromatic heterocycles. The second-order valence-corrected chi connectivity index (χ2v) is 4.65. The van der Waals surface area contributed by atoms with Crippen molar-refractivity contribution in [2.75, 3.05) is 6.54 Å². The fourth-order valence-corrected chi connectivity index (χ4v) is 2.10. The Hall–Kier alpha value is -0.354. The van der Waals surface area contributed by atoms with Gasteiger partial charge >= 0.3 is 23.1 Å². The summed E-state index contributed by atoms with van der Waals surface area (Å²) in [4.78, 5) is 2.43. The van der Waals surface area contributed by atoms with E-state index in [0.717, 1.165) is 19.6 Å². The van der Waals surface area contributed by atoms with E-state index in [1.54, 1.807) is 0 Å². The van der Waals surface area contributed by atoms with E-state index in [2.05, 4.69) is 73.3 Å². The van der Waals surface area contributed by atoms with Crippen LogP contribution in [-0.2, 0) is 13.1 Å². The molecule has 0 aliphatic carbocycles. The van der Waals surface area contributed by atoms with E-state index >= 15 is 0 Å². The van der Waals surface area contributed by atoms with Crippen LogP contribution in [0.25, 0.3) is 0 Å². The maximum atomic E-state index is 3.42. The van der Waals surface area contributed by atoms with Crippen molar-refractivity contribution < 1.29 is 17.0 Å². The van der Waals surface area contributed by atoms with Gasteiger partial charge in [0.2, 0.25) is 0 Å². The van der Waals surface area contributed by atoms with Crippen LogP contribution in [0.3, 0.4) is 0 Å². The van der Waals surface area contributed by atoms with Crippen LogP contribution >= 0.6 is 0 Å². The van der Waals surface area contributed by atoms with Gasteiger partial charge in [-0.05, 0) is 12.1 Å². The molecule has 0 saturated carbocycles. The van der Waals surface area contributed by atoms with Crippen LogP contribution in [0, 0.1) is 13.0 Å². The van der Waals surface area contributed by atoms with Gasteiger partial charge in [-0.15, -0.1) is 5.56 Å². The summed E-state index contributed by atoms with van der Waals surface area (Å²) in [5.74, 6) is 0. The molecular formula is C17H20BrMgN. The summed E-state index contributed by atoms with van der Waals surface area (Å²) in [6, 6.07) is 20.4. The van der Waals surface area contributed by atoms with Crippen molar-refractivity contribution in [2.45, 2.75) is 26.9 Å². The van der Waals surface area contributed by atoms with Crippen LogP contribution in [-0.4, -0.2) is 34.5 Å². The van der Waals surface area contributed by atoms with Gasteiger partial charge in [0.1, 0.15) is 0 Å². The molecule has 1 nitrogen and oxygen atoms in total. The SMILES string of the molecule is CCN(Cc1[c-]c(C)ccc1)Cc1ccccc1.[Br-].[Mg+2]. The summed E-state index contributed by atoms with van der Waals surface area (Å²) in [6.45, 7) is 7.32. The van der Waals surface area contributed by atoms with E-state index < -0.39 is 0 Å². The van der Waals surface area contributed by atoms with E-state index in [9.17, 15) is 0 Å². The molecule has 0 heterocycles. The molecule has 20 heavy (non-hydrogen) atoms. The Kier molecular flexibility index (Phi) is 10.2. The Morgan fingerprint density at radius 1 is 0.950 bits per heavy atom. The van der Waals surface area contributed by atoms with E-state index in [1.165, 1.54) is 16.7 Å². The average molecular weight is 343 g/mol. The molecule has 0 atom stereocenters. The number of benzene rings is 2. The topological polar surface area (TPSA) is 3.24 Å². The molecule has 0 spiro atoms. The maximum Gasteiger partial charge on any atom is 2.00 e. The smallest absolute Gasteiger partial charge is 1.00 e. The van der Waals surface area contributed by atoms with Crippen molar-refractivity contribution in [3.63, 3.8) is 0 Å². The molecule has 0 saturated heterocycles. The van der Waals surface area contributed by atoms with Gasteiger partial charge in [-0.25, -0.2) is 0 Å². The van der Waals surface area contributed by atoms with E-state index in [1.807, 2.05) is 0 Å². The predicted molar refractivity (Wildman–Crippen MR) is 82.0 cm³/mol. The third-order valence-corrected chi connectivity index (χ3v) is 3.09. The molecule has 102 valence electrons. The van der Waals surface area contributed by atoms with Crippen molar-refractivity contribution in [3.8, 4) is 0 Å². The zero-order valence-corrected chi connectivity index (χ0v) is 15.3. The summed E-state index contributed by atoms with van der Waals surface area (Å²) in [5, 5.41) is 0. The largest absolute Gasteiger partial charge is 2.00 e. The zero-order chi connectivity index (χ0) is 12.8. The number of rotatable bonds is 5. The minimum absolute atomic E-state index is 0. The maximum absolute atomic E-state index is 3.42. The molecular weight excluding hydrogens is 322 g/mol. The Labute approximate surface area is 149 Å². The van der Waals surface area contributed by atoms with Gasteiger partial charge in [-0.3, -0.25) is 4.90 Å². The third-order valence-electron chi connectivity index (χ3n) is 3.09. The van der Waals surface area contributed by atoms with Gasteiger partial charge in [-0.1, -0.05) is 44.2 Å². The minimum Gasteiger partial charge on any atom is -1.00 e. The molecule has 0 amide bonds. The summed E-state index contributed by atoms with van der Waals surface area (Å²) in [6.07, 6.45) is 0. The normalized spacial score (nSPS) is 9.75. The Morgan fingerprint density at radius 3 is 2.25 bits per heavy atom. The first-order valence-electron chi connectivity index (χ1n) is 6.52. The number of nitrogens with zero attached hydrogens (tertiary/aromatic N) is 1. The molecule has 0 fully saturated rings. The minimum atomic E-state index is 0. The first kappa shape index (κ1) is 19.6. The van der Waals surface area contributed by atoms with Crippen LogP contribution in [0.15, 0.2) is 48.5 Å². The summed E-state index contributed by atoms with van der Waals surface area (Å²) >= 11 is 0. The van der Waals surface area contributed by atoms with E-state index in [4.69, 9.17) is 0 Å². The Bertz CT molecular complexity index is 487. The quantitative estimate of drug-likeness (QED) is 0.563. The van der Waals surface area contributed by atoms with Gasteiger partial charge in [0.15, 0.2) is 0 Å². The Balaban J connectivity index is 0.00000180. The summed E-state index contributed by atoms with van der Waals surface area (Å²) in [5.41, 5.74) is 3.85. The molecule has 3 heteroatoms. The average Bonchev–Trinajstić information content (AvgIpc) is 2.39. The van der Waals surface area contributed by atoms with E-state index in [0.29, 0.717) is 0 Å². The Morgan fingerprint density at radius 2 is 1.65 bits per heavy atom. The second kappa shape index (κ2) is 10.4. The molecule has 2 aromatic carbocycles. The van der Waals surface area contributed by atoms with Crippen LogP contribution in [0.4, 0.5) is 0 Å². The van der Waals surface area contributed by atoms with Gasteiger partial charge in [0.05, 0.1) is 0 Å². The van der Waals surface area contributed by atoms with Crippen molar-refractivity contribution in [2.24, 2.45) is 0 Å². The summed E-state index contributed by atoms with van der Waals surface area (Å²) in [7, 11) is 0. The van der Waals surface area contributed by atoms with Gasteiger partial charge < -0.3 is 17.0 Å². The van der Waals surface area contributed by atoms with E-state index in [-0.39, 0.29) is 40.0 Å². The predicted octanol–water partition coefficient (Wildman–Crippen LogP) is 0.441. The van der Waals surface area contributed by atoms with Crippen LogP contribution < -0.4 is 17.0 Å².